The van der Waals surface area contributed by atoms with E-state index >= 15 is 0 Å². The molecule has 0 saturated carbocycles. The van der Waals surface area contributed by atoms with Crippen molar-refractivity contribution in [3.63, 3.8) is 0 Å². The van der Waals surface area contributed by atoms with Crippen molar-refractivity contribution in [3.8, 4) is 5.88 Å². The monoisotopic (exact) mass is 314 g/mol. The molecule has 1 aromatic heterocycles. The van der Waals surface area contributed by atoms with Gasteiger partial charge in [-0.3, -0.25) is 0 Å². The van der Waals surface area contributed by atoms with Crippen molar-refractivity contribution in [2.75, 3.05) is 5.73 Å². The first-order valence-corrected chi connectivity index (χ1v) is 4.11. The largest absolute Gasteiger partial charge is 0.407 e. The van der Waals surface area contributed by atoms with E-state index in [1.165, 1.54) is 0 Å². The first-order chi connectivity index (χ1) is 4.75. The maximum absolute atomic E-state index is 5.53. The summed E-state index contributed by atoms with van der Waals surface area (Å²) in [7, 11) is 0. The van der Waals surface area contributed by atoms with Crippen LogP contribution in [0, 0.1) is 0 Å². The smallest absolute Gasteiger partial charge is 0.241 e. The number of aromatic nitrogens is 1. The average Bonchev–Trinajstić information content (AvgIpc) is 1.95. The van der Waals surface area contributed by atoms with E-state index in [1.54, 1.807) is 35.3 Å². The van der Waals surface area contributed by atoms with Crippen molar-refractivity contribution in [2.24, 2.45) is 0 Å². The Labute approximate surface area is 80.8 Å². The quantitative estimate of drug-likeness (QED) is 0.808. The molecule has 0 bridgehead atoms. The fraction of sp³-hybridized carbons (Fsp3) is 0. The lowest BCUT2D eigenvalue weighted by Crippen LogP contribution is -1.89. The number of anilines is 1. The molecule has 5 heteroatoms. The van der Waals surface area contributed by atoms with Crippen molar-refractivity contribution >= 4 is 44.6 Å². The molecule has 0 spiro atoms. The summed E-state index contributed by atoms with van der Waals surface area (Å²) < 4.78 is 5.56. The molecular formula is C5H4BrIN2O. The predicted octanol–water partition coefficient (Wildman–Crippen LogP) is 2.16. The van der Waals surface area contributed by atoms with Crippen LogP contribution in [-0.4, -0.2) is 4.98 Å². The molecular weight excluding hydrogens is 311 g/mol. The molecule has 3 nitrogen and oxygen atoms in total. The number of nitrogens with two attached hydrogens (primary N) is 1. The number of hydrogen-bond donors (Lipinski definition) is 1. The summed E-state index contributed by atoms with van der Waals surface area (Å²) >= 11 is 4.97. The molecule has 0 saturated heterocycles. The second kappa shape index (κ2) is 3.38. The van der Waals surface area contributed by atoms with E-state index in [4.69, 9.17) is 8.80 Å². The molecule has 1 rings (SSSR count). The van der Waals surface area contributed by atoms with Crippen molar-refractivity contribution in [1.82, 2.24) is 4.98 Å². The zero-order valence-corrected chi connectivity index (χ0v) is 8.59. The molecule has 1 aromatic rings. The maximum atomic E-state index is 5.53. The summed E-state index contributed by atoms with van der Waals surface area (Å²) in [5.41, 5.74) is 6.15. The van der Waals surface area contributed by atoms with Crippen LogP contribution in [0.4, 0.5) is 5.69 Å². The molecule has 0 amide bonds. The second-order valence-electron chi connectivity index (χ2n) is 1.60. The van der Waals surface area contributed by atoms with E-state index in [0.717, 1.165) is 0 Å². The Morgan fingerprint density at radius 1 is 1.70 bits per heavy atom. The molecule has 0 aliphatic rings. The second-order valence-corrected chi connectivity index (χ2v) is 2.83. The molecule has 0 atom stereocenters. The van der Waals surface area contributed by atoms with E-state index in [2.05, 4.69) is 20.9 Å². The van der Waals surface area contributed by atoms with Crippen LogP contribution in [0.5, 0.6) is 5.88 Å². The van der Waals surface area contributed by atoms with E-state index < -0.39 is 0 Å². The molecule has 0 radical (unpaired) electrons. The molecule has 1 heterocycles. The van der Waals surface area contributed by atoms with Gasteiger partial charge in [-0.2, -0.15) is 0 Å². The Hall–Kier alpha value is -0.0400. The van der Waals surface area contributed by atoms with E-state index in [-0.39, 0.29) is 0 Å². The van der Waals surface area contributed by atoms with Gasteiger partial charge in [-0.15, -0.1) is 0 Å². The number of hydrogen-bond acceptors (Lipinski definition) is 3. The van der Waals surface area contributed by atoms with Gasteiger partial charge < -0.3 is 8.80 Å². The summed E-state index contributed by atoms with van der Waals surface area (Å²) in [4.78, 5) is 3.90. The Morgan fingerprint density at radius 3 is 2.90 bits per heavy atom. The van der Waals surface area contributed by atoms with Crippen LogP contribution in [0.3, 0.4) is 0 Å². The number of pyridine rings is 1. The summed E-state index contributed by atoms with van der Waals surface area (Å²) in [5.74, 6) is 0.501. The average molecular weight is 315 g/mol. The molecule has 0 aliphatic heterocycles. The minimum absolute atomic E-state index is 0.501. The van der Waals surface area contributed by atoms with Crippen LogP contribution in [0.15, 0.2) is 16.7 Å². The summed E-state index contributed by atoms with van der Waals surface area (Å²) in [5, 5.41) is 0. The van der Waals surface area contributed by atoms with Crippen LogP contribution in [0.2, 0.25) is 0 Å². The summed E-state index contributed by atoms with van der Waals surface area (Å²) in [6.45, 7) is 0. The van der Waals surface area contributed by atoms with Crippen LogP contribution < -0.4 is 8.80 Å². The predicted molar refractivity (Wildman–Crippen MR) is 51.0 cm³/mol. The molecule has 10 heavy (non-hydrogen) atoms. The minimum atomic E-state index is 0.501. The van der Waals surface area contributed by atoms with Gasteiger partial charge in [0.05, 0.1) is 5.69 Å². The zero-order valence-electron chi connectivity index (χ0n) is 4.84. The first-order valence-electron chi connectivity index (χ1n) is 2.44. The van der Waals surface area contributed by atoms with Gasteiger partial charge >= 0.3 is 0 Å². The lowest BCUT2D eigenvalue weighted by atomic mass is 10.4. The third-order valence-corrected chi connectivity index (χ3v) is 2.17. The molecule has 2 N–H and O–H groups in total. The van der Waals surface area contributed by atoms with Gasteiger partial charge in [0.25, 0.3) is 0 Å². The topological polar surface area (TPSA) is 48.1 Å². The van der Waals surface area contributed by atoms with Crippen LogP contribution >= 0.6 is 38.9 Å². The van der Waals surface area contributed by atoms with Crippen molar-refractivity contribution < 1.29 is 3.07 Å². The molecule has 0 aliphatic carbocycles. The van der Waals surface area contributed by atoms with E-state index in [9.17, 15) is 0 Å². The van der Waals surface area contributed by atoms with Gasteiger partial charge in [0.15, 0.2) is 23.0 Å². The van der Waals surface area contributed by atoms with Crippen LogP contribution in [-0.2, 0) is 0 Å². The minimum Gasteiger partial charge on any atom is -0.407 e. The lowest BCUT2D eigenvalue weighted by molar-refractivity contribution is 0.676. The highest BCUT2D eigenvalue weighted by atomic mass is 127. The summed E-state index contributed by atoms with van der Waals surface area (Å²) in [6.07, 6.45) is 1.59. The number of nitrogens with zero attached hydrogens (tertiary/aromatic N) is 1. The Kier molecular flexibility index (Phi) is 2.72. The highest BCUT2D eigenvalue weighted by Gasteiger charge is 2.03. The van der Waals surface area contributed by atoms with Crippen molar-refractivity contribution in [3.05, 3.63) is 16.7 Å². The SMILES string of the molecule is Nc1ccnc(OI)c1Br. The van der Waals surface area contributed by atoms with E-state index in [1.807, 2.05) is 0 Å². The Balaban J connectivity index is 3.14. The standard InChI is InChI=1S/C5H4BrIN2O/c6-4-3(8)1-2-9-5(4)10-7/h1-2H,(H2,8,9). The third kappa shape index (κ3) is 1.51. The van der Waals surface area contributed by atoms with Gasteiger partial charge in [-0.05, 0) is 22.0 Å². The molecule has 54 valence electrons. The van der Waals surface area contributed by atoms with Gasteiger partial charge in [0.1, 0.15) is 4.47 Å². The zero-order chi connectivity index (χ0) is 7.56. The Morgan fingerprint density at radius 2 is 2.40 bits per heavy atom. The van der Waals surface area contributed by atoms with Gasteiger partial charge in [-0.1, -0.05) is 0 Å². The molecule has 0 fully saturated rings. The third-order valence-electron chi connectivity index (χ3n) is 0.960. The summed E-state index contributed by atoms with van der Waals surface area (Å²) in [6, 6.07) is 1.70. The van der Waals surface area contributed by atoms with E-state index in [0.29, 0.717) is 16.0 Å². The highest BCUT2D eigenvalue weighted by molar-refractivity contribution is 14.1. The van der Waals surface area contributed by atoms with Crippen LogP contribution in [0.25, 0.3) is 0 Å². The molecule has 0 aromatic carbocycles. The fourth-order valence-corrected chi connectivity index (χ4v) is 1.44. The lowest BCUT2D eigenvalue weighted by Gasteiger charge is -2.00. The van der Waals surface area contributed by atoms with Crippen LogP contribution in [0.1, 0.15) is 0 Å². The van der Waals surface area contributed by atoms with Crippen molar-refractivity contribution in [2.45, 2.75) is 0 Å². The van der Waals surface area contributed by atoms with Gasteiger partial charge in [0.2, 0.25) is 5.88 Å². The number of halogens is 2. The normalized spacial score (nSPS) is 9.40. The first kappa shape index (κ1) is 8.06. The maximum Gasteiger partial charge on any atom is 0.241 e. The van der Waals surface area contributed by atoms with Gasteiger partial charge in [-0.25, -0.2) is 4.98 Å². The number of nitrogen functional groups attached to an aromatic ring is 1. The highest BCUT2D eigenvalue weighted by Crippen LogP contribution is 2.28. The van der Waals surface area contributed by atoms with Gasteiger partial charge in [0, 0.05) is 6.20 Å². The number of rotatable bonds is 1. The Bertz CT molecular complexity index is 243. The van der Waals surface area contributed by atoms with Crippen molar-refractivity contribution in [1.29, 1.82) is 0 Å². The fourth-order valence-electron chi connectivity index (χ4n) is 0.492. The molecule has 0 unspecified atom stereocenters.